The molecule has 1 saturated carbocycles. The van der Waals surface area contributed by atoms with Gasteiger partial charge in [0.05, 0.1) is 13.2 Å². The highest BCUT2D eigenvalue weighted by molar-refractivity contribution is 7.47. The highest BCUT2D eigenvalue weighted by Crippen LogP contribution is 2.47. The van der Waals surface area contributed by atoms with Crippen LogP contribution in [0.5, 0.6) is 0 Å². The number of esters is 1. The molecule has 0 aliphatic heterocycles. The lowest BCUT2D eigenvalue weighted by molar-refractivity contribution is -0.220. The van der Waals surface area contributed by atoms with E-state index in [0.717, 1.165) is 116 Å². The van der Waals surface area contributed by atoms with Gasteiger partial charge in [-0.25, -0.2) is 4.57 Å². The topological polar surface area (TPSA) is 192 Å². The van der Waals surface area contributed by atoms with E-state index < -0.39 is 63.1 Å². The minimum absolute atomic E-state index is 0.0934. The summed E-state index contributed by atoms with van der Waals surface area (Å²) in [5.41, 5.74) is 0. The fourth-order valence-electron chi connectivity index (χ4n) is 6.89. The molecule has 6 unspecified atom stereocenters. The lowest BCUT2D eigenvalue weighted by atomic mass is 9.85. The molecule has 1 aliphatic rings. The number of aliphatic hydroxyl groups is 5. The normalized spacial score (nSPS) is 22.4. The predicted molar refractivity (Wildman–Crippen MR) is 258 cm³/mol. The third-order valence-electron chi connectivity index (χ3n) is 10.7. The van der Waals surface area contributed by atoms with Crippen LogP contribution in [0.3, 0.4) is 0 Å². The number of phosphoric acid groups is 1. The molecule has 0 amide bonds. The van der Waals surface area contributed by atoms with Gasteiger partial charge in [-0.15, -0.1) is 0 Å². The Morgan fingerprint density at radius 2 is 0.922 bits per heavy atom. The number of rotatable bonds is 40. The summed E-state index contributed by atoms with van der Waals surface area (Å²) in [7, 11) is -5.03. The van der Waals surface area contributed by atoms with E-state index in [1.165, 1.54) is 25.7 Å². The van der Waals surface area contributed by atoms with Crippen molar-refractivity contribution < 1.29 is 58.3 Å². The largest absolute Gasteiger partial charge is 0.472 e. The Morgan fingerprint density at radius 3 is 1.41 bits per heavy atom. The lowest BCUT2D eigenvalue weighted by Gasteiger charge is -2.41. The van der Waals surface area contributed by atoms with E-state index in [2.05, 4.69) is 98.9 Å². The van der Waals surface area contributed by atoms with Crippen LogP contribution in [0.4, 0.5) is 0 Å². The second kappa shape index (κ2) is 40.8. The van der Waals surface area contributed by atoms with Gasteiger partial charge >= 0.3 is 13.8 Å². The van der Waals surface area contributed by atoms with E-state index in [0.29, 0.717) is 13.0 Å². The van der Waals surface area contributed by atoms with Crippen LogP contribution in [0, 0.1) is 0 Å². The van der Waals surface area contributed by atoms with E-state index in [1.807, 2.05) is 0 Å². The molecular formula is C51H87O12P. The van der Waals surface area contributed by atoms with Gasteiger partial charge in [0.2, 0.25) is 0 Å². The first kappa shape index (κ1) is 59.5. The average molecular weight is 923 g/mol. The van der Waals surface area contributed by atoms with Crippen LogP contribution >= 0.6 is 7.82 Å². The first-order chi connectivity index (χ1) is 31.0. The molecule has 0 saturated heterocycles. The van der Waals surface area contributed by atoms with Crippen LogP contribution in [0.15, 0.2) is 85.1 Å². The van der Waals surface area contributed by atoms with Crippen LogP contribution in [-0.4, -0.2) is 98.9 Å². The van der Waals surface area contributed by atoms with Crippen LogP contribution in [0.1, 0.15) is 168 Å². The van der Waals surface area contributed by atoms with Gasteiger partial charge in [-0.3, -0.25) is 13.8 Å². The summed E-state index contributed by atoms with van der Waals surface area (Å²) in [4.78, 5) is 23.2. The molecule has 0 aromatic rings. The van der Waals surface area contributed by atoms with Gasteiger partial charge in [0.25, 0.3) is 0 Å². The Morgan fingerprint density at radius 1 is 0.516 bits per heavy atom. The highest BCUT2D eigenvalue weighted by atomic mass is 31.2. The minimum atomic E-state index is -5.03. The molecule has 0 heterocycles. The number of ether oxygens (including phenoxy) is 2. The number of unbranched alkanes of at least 4 members (excludes halogenated alkanes) is 14. The third kappa shape index (κ3) is 32.2. The van der Waals surface area contributed by atoms with Crippen molar-refractivity contribution in [2.45, 2.75) is 211 Å². The quantitative estimate of drug-likeness (QED) is 0.0148. The van der Waals surface area contributed by atoms with Crippen molar-refractivity contribution in [3.63, 3.8) is 0 Å². The zero-order valence-electron chi connectivity index (χ0n) is 39.3. The fourth-order valence-corrected chi connectivity index (χ4v) is 7.86. The van der Waals surface area contributed by atoms with Gasteiger partial charge in [-0.05, 0) is 83.5 Å². The minimum Gasteiger partial charge on any atom is -0.457 e. The molecule has 6 atom stereocenters. The Bertz CT molecular complexity index is 1380. The summed E-state index contributed by atoms with van der Waals surface area (Å²) in [5, 5.41) is 50.2. The van der Waals surface area contributed by atoms with Gasteiger partial charge in [0.15, 0.2) is 0 Å². The number of carbonyl (C=O) groups is 1. The molecule has 13 heteroatoms. The molecule has 0 spiro atoms. The number of allylic oxidation sites excluding steroid dienone is 14. The van der Waals surface area contributed by atoms with Gasteiger partial charge < -0.3 is 39.9 Å². The van der Waals surface area contributed by atoms with Crippen molar-refractivity contribution in [3.05, 3.63) is 85.1 Å². The predicted octanol–water partition coefficient (Wildman–Crippen LogP) is 10.5. The Balaban J connectivity index is 2.35. The standard InChI is InChI=1S/C51H87O12P/c1-3-5-7-9-11-13-15-17-18-19-20-21-22-23-24-25-26-27-29-31-33-35-37-39-41-60-42-44(43-61-64(58,59)63-51-49(56)47(54)46(53)48(55)50(51)57)62-45(52)40-38-36-34-32-30-28-16-14-12-10-8-6-4-2/h5,7-8,10-11,13-14,16-18,20-21,23-24,44,46-51,53-57H,3-4,6,9,12,15,19,22,25-43H2,1-2H3,(H,58,59)/b7-5-,10-8-,13-11-,16-14-,18-17-,21-20-,24-23-. The van der Waals surface area contributed by atoms with Crippen molar-refractivity contribution in [2.75, 3.05) is 19.8 Å². The van der Waals surface area contributed by atoms with Crippen molar-refractivity contribution in [2.24, 2.45) is 0 Å². The summed E-state index contributed by atoms with van der Waals surface area (Å²) in [6.07, 6.45) is 42.2. The van der Waals surface area contributed by atoms with E-state index >= 15 is 0 Å². The van der Waals surface area contributed by atoms with Gasteiger partial charge in [-0.2, -0.15) is 0 Å². The number of carbonyl (C=O) groups excluding carboxylic acids is 1. The molecule has 0 bridgehead atoms. The van der Waals surface area contributed by atoms with Crippen molar-refractivity contribution >= 4 is 13.8 Å². The van der Waals surface area contributed by atoms with E-state index in [4.69, 9.17) is 18.5 Å². The maximum atomic E-state index is 12.8. The Kier molecular flexibility index (Phi) is 37.9. The summed E-state index contributed by atoms with van der Waals surface area (Å²) in [6, 6.07) is 0. The van der Waals surface area contributed by atoms with E-state index in [9.17, 15) is 39.8 Å². The smallest absolute Gasteiger partial charge is 0.457 e. The van der Waals surface area contributed by atoms with Crippen LogP contribution in [0.2, 0.25) is 0 Å². The van der Waals surface area contributed by atoms with Crippen molar-refractivity contribution in [3.8, 4) is 0 Å². The van der Waals surface area contributed by atoms with Crippen LogP contribution < -0.4 is 0 Å². The summed E-state index contributed by atoms with van der Waals surface area (Å²) < 4.78 is 34.2. The van der Waals surface area contributed by atoms with Crippen molar-refractivity contribution in [1.82, 2.24) is 0 Å². The zero-order chi connectivity index (χ0) is 46.9. The Hall–Kier alpha value is -2.48. The van der Waals surface area contributed by atoms with Crippen LogP contribution in [0.25, 0.3) is 0 Å². The summed E-state index contributed by atoms with van der Waals surface area (Å²) in [5.74, 6) is -0.499. The Labute approximate surface area is 386 Å². The lowest BCUT2D eigenvalue weighted by Crippen LogP contribution is -2.64. The first-order valence-corrected chi connectivity index (χ1v) is 25.9. The first-order valence-electron chi connectivity index (χ1n) is 24.4. The van der Waals surface area contributed by atoms with E-state index in [-0.39, 0.29) is 13.0 Å². The average Bonchev–Trinajstić information content (AvgIpc) is 3.28. The molecule has 0 radical (unpaired) electrons. The second-order valence-electron chi connectivity index (χ2n) is 16.6. The number of phosphoric ester groups is 1. The van der Waals surface area contributed by atoms with Gasteiger partial charge in [0, 0.05) is 13.0 Å². The molecule has 1 rings (SSSR count). The van der Waals surface area contributed by atoms with E-state index in [1.54, 1.807) is 0 Å². The molecule has 12 nitrogen and oxygen atoms in total. The summed E-state index contributed by atoms with van der Waals surface area (Å²) in [6.45, 7) is 4.03. The molecule has 1 aliphatic carbocycles. The molecular weight excluding hydrogens is 836 g/mol. The van der Waals surface area contributed by atoms with Gasteiger partial charge in [0.1, 0.15) is 42.7 Å². The zero-order valence-corrected chi connectivity index (χ0v) is 40.2. The number of hydrogen-bond acceptors (Lipinski definition) is 11. The molecule has 368 valence electrons. The molecule has 0 aromatic heterocycles. The monoisotopic (exact) mass is 923 g/mol. The SMILES string of the molecule is CC/C=C\C/C=C\C/C=C\C/C=C\C/C=C\CCCCCCCCCCOCC(COP(=O)(O)OC1C(O)C(O)C(O)C(O)C1O)OC(=O)CCCCCCC/C=C\C/C=C\CCC. The molecule has 6 N–H and O–H groups in total. The van der Waals surface area contributed by atoms with Crippen molar-refractivity contribution in [1.29, 1.82) is 0 Å². The van der Waals surface area contributed by atoms with Crippen LogP contribution in [-0.2, 0) is 27.9 Å². The summed E-state index contributed by atoms with van der Waals surface area (Å²) >= 11 is 0. The fraction of sp³-hybridized carbons (Fsp3) is 0.706. The maximum absolute atomic E-state index is 12.8. The number of hydrogen-bond donors (Lipinski definition) is 6. The number of aliphatic hydroxyl groups excluding tert-OH is 5. The maximum Gasteiger partial charge on any atom is 0.472 e. The highest BCUT2D eigenvalue weighted by Gasteiger charge is 2.51. The second-order valence-corrected chi connectivity index (χ2v) is 18.0. The molecule has 64 heavy (non-hydrogen) atoms. The molecule has 0 aromatic carbocycles. The third-order valence-corrected chi connectivity index (χ3v) is 11.7. The molecule has 1 fully saturated rings. The van der Waals surface area contributed by atoms with Gasteiger partial charge in [-0.1, -0.05) is 163 Å².